The van der Waals surface area contributed by atoms with E-state index in [1.807, 2.05) is 48.1 Å². The molecule has 2 aromatic rings. The maximum Gasteiger partial charge on any atom is 0.224 e. The average Bonchev–Trinajstić information content (AvgIpc) is 3.07. The molecule has 1 aromatic carbocycles. The monoisotopic (exact) mass is 388 g/mol. The standard InChI is InChI=1S/C20H25ClN4O2/c1-15-8-12-25(23-15)13-10-22-20(27)17-4-7-19(26)24(14-17)11-9-16-2-5-18(21)6-3-16/h2-3,5-6,8,12,17H,4,7,9-11,13-14H2,1H3,(H,22,27)/t17-/m1/s1. The van der Waals surface area contributed by atoms with E-state index in [0.29, 0.717) is 44.0 Å². The molecule has 27 heavy (non-hydrogen) atoms. The summed E-state index contributed by atoms with van der Waals surface area (Å²) in [6, 6.07) is 9.58. The molecule has 7 heteroatoms. The van der Waals surface area contributed by atoms with Gasteiger partial charge in [0.2, 0.25) is 11.8 Å². The van der Waals surface area contributed by atoms with E-state index in [2.05, 4.69) is 10.4 Å². The molecule has 1 saturated heterocycles. The minimum absolute atomic E-state index is 0.0165. The minimum atomic E-state index is -0.146. The van der Waals surface area contributed by atoms with Crippen molar-refractivity contribution >= 4 is 23.4 Å². The quantitative estimate of drug-likeness (QED) is 0.792. The number of nitrogens with zero attached hydrogens (tertiary/aromatic N) is 3. The van der Waals surface area contributed by atoms with Crippen LogP contribution in [0.5, 0.6) is 0 Å². The fraction of sp³-hybridized carbons (Fsp3) is 0.450. The van der Waals surface area contributed by atoms with Gasteiger partial charge in [0.15, 0.2) is 0 Å². The van der Waals surface area contributed by atoms with Crippen LogP contribution < -0.4 is 5.32 Å². The van der Waals surface area contributed by atoms with Crippen molar-refractivity contribution in [1.82, 2.24) is 20.0 Å². The molecule has 1 N–H and O–H groups in total. The van der Waals surface area contributed by atoms with Gasteiger partial charge in [-0.3, -0.25) is 14.3 Å². The van der Waals surface area contributed by atoms with Gasteiger partial charge < -0.3 is 10.2 Å². The van der Waals surface area contributed by atoms with Crippen LogP contribution in [0.2, 0.25) is 5.02 Å². The van der Waals surface area contributed by atoms with Crippen LogP contribution in [-0.4, -0.2) is 46.1 Å². The first-order valence-electron chi connectivity index (χ1n) is 9.31. The fourth-order valence-electron chi connectivity index (χ4n) is 3.29. The summed E-state index contributed by atoms with van der Waals surface area (Å²) in [7, 11) is 0. The Morgan fingerprint density at radius 2 is 2.04 bits per heavy atom. The van der Waals surface area contributed by atoms with Gasteiger partial charge in [-0.2, -0.15) is 5.10 Å². The fourth-order valence-corrected chi connectivity index (χ4v) is 3.41. The van der Waals surface area contributed by atoms with Crippen molar-refractivity contribution in [2.75, 3.05) is 19.6 Å². The molecule has 1 atom stereocenters. The second kappa shape index (κ2) is 9.04. The molecule has 6 nitrogen and oxygen atoms in total. The van der Waals surface area contributed by atoms with E-state index in [1.54, 1.807) is 4.90 Å². The highest BCUT2D eigenvalue weighted by molar-refractivity contribution is 6.30. The number of likely N-dealkylation sites (tertiary alicyclic amines) is 1. The Morgan fingerprint density at radius 1 is 1.26 bits per heavy atom. The van der Waals surface area contributed by atoms with Crippen molar-refractivity contribution in [3.63, 3.8) is 0 Å². The summed E-state index contributed by atoms with van der Waals surface area (Å²) in [5.74, 6) is -0.00447. The van der Waals surface area contributed by atoms with E-state index in [4.69, 9.17) is 11.6 Å². The zero-order valence-corrected chi connectivity index (χ0v) is 16.3. The van der Waals surface area contributed by atoms with Gasteiger partial charge in [0.1, 0.15) is 0 Å². The van der Waals surface area contributed by atoms with Crippen LogP contribution in [0.3, 0.4) is 0 Å². The predicted octanol–water partition coefficient (Wildman–Crippen LogP) is 2.44. The van der Waals surface area contributed by atoms with Crippen molar-refractivity contribution < 1.29 is 9.59 Å². The first-order valence-corrected chi connectivity index (χ1v) is 9.69. The Morgan fingerprint density at radius 3 is 2.74 bits per heavy atom. The third-order valence-electron chi connectivity index (χ3n) is 4.87. The SMILES string of the molecule is Cc1ccn(CCNC(=O)[C@@H]2CCC(=O)N(CCc3ccc(Cl)cc3)C2)n1. The number of halogens is 1. The van der Waals surface area contributed by atoms with E-state index in [0.717, 1.165) is 17.7 Å². The van der Waals surface area contributed by atoms with E-state index in [1.165, 1.54) is 0 Å². The molecule has 1 fully saturated rings. The minimum Gasteiger partial charge on any atom is -0.354 e. The second-order valence-electron chi connectivity index (χ2n) is 6.96. The number of hydrogen-bond donors (Lipinski definition) is 1. The largest absolute Gasteiger partial charge is 0.354 e. The molecule has 2 heterocycles. The molecule has 0 spiro atoms. The zero-order valence-electron chi connectivity index (χ0n) is 15.5. The lowest BCUT2D eigenvalue weighted by Crippen LogP contribution is -2.46. The summed E-state index contributed by atoms with van der Waals surface area (Å²) in [5, 5.41) is 7.98. The van der Waals surface area contributed by atoms with E-state index < -0.39 is 0 Å². The summed E-state index contributed by atoms with van der Waals surface area (Å²) in [4.78, 5) is 26.5. The number of amides is 2. The number of benzene rings is 1. The Labute approximate surface area is 164 Å². The smallest absolute Gasteiger partial charge is 0.224 e. The second-order valence-corrected chi connectivity index (χ2v) is 7.40. The summed E-state index contributed by atoms with van der Waals surface area (Å²) < 4.78 is 1.82. The molecule has 1 aromatic heterocycles. The lowest BCUT2D eigenvalue weighted by molar-refractivity contribution is -0.138. The van der Waals surface area contributed by atoms with Crippen LogP contribution in [-0.2, 0) is 22.6 Å². The number of carbonyl (C=O) groups is 2. The summed E-state index contributed by atoms with van der Waals surface area (Å²) in [6.07, 6.45) is 3.70. The third kappa shape index (κ3) is 5.57. The van der Waals surface area contributed by atoms with Crippen LogP contribution in [0.1, 0.15) is 24.1 Å². The predicted molar refractivity (Wildman–Crippen MR) is 104 cm³/mol. The Hall–Kier alpha value is -2.34. The zero-order chi connectivity index (χ0) is 19.2. The number of rotatable bonds is 7. The molecule has 2 amide bonds. The van der Waals surface area contributed by atoms with Gasteiger partial charge in [0.25, 0.3) is 0 Å². The lowest BCUT2D eigenvalue weighted by Gasteiger charge is -2.32. The molecule has 1 aliphatic heterocycles. The van der Waals surface area contributed by atoms with Crippen molar-refractivity contribution in [2.24, 2.45) is 5.92 Å². The van der Waals surface area contributed by atoms with Gasteiger partial charge >= 0.3 is 0 Å². The lowest BCUT2D eigenvalue weighted by atomic mass is 9.96. The molecule has 1 aliphatic rings. The van der Waals surface area contributed by atoms with Crippen LogP contribution in [0.4, 0.5) is 0 Å². The van der Waals surface area contributed by atoms with Gasteiger partial charge in [-0.1, -0.05) is 23.7 Å². The molecule has 144 valence electrons. The van der Waals surface area contributed by atoms with Crippen molar-refractivity contribution in [2.45, 2.75) is 32.7 Å². The van der Waals surface area contributed by atoms with Gasteiger partial charge in [-0.15, -0.1) is 0 Å². The number of piperidine rings is 1. The first kappa shape index (κ1) is 19.4. The molecule has 0 bridgehead atoms. The maximum absolute atomic E-state index is 12.5. The normalized spacial score (nSPS) is 17.2. The summed E-state index contributed by atoms with van der Waals surface area (Å²) in [6.45, 7) is 4.23. The molecule has 3 rings (SSSR count). The summed E-state index contributed by atoms with van der Waals surface area (Å²) >= 11 is 5.91. The highest BCUT2D eigenvalue weighted by atomic mass is 35.5. The molecular formula is C20H25ClN4O2. The molecule has 0 saturated carbocycles. The number of carbonyl (C=O) groups excluding carboxylic acids is 2. The van der Waals surface area contributed by atoms with Gasteiger partial charge in [-0.05, 0) is 43.5 Å². The third-order valence-corrected chi connectivity index (χ3v) is 5.12. The van der Waals surface area contributed by atoms with Crippen molar-refractivity contribution in [1.29, 1.82) is 0 Å². The van der Waals surface area contributed by atoms with E-state index in [9.17, 15) is 9.59 Å². The van der Waals surface area contributed by atoms with E-state index >= 15 is 0 Å². The molecule has 0 radical (unpaired) electrons. The van der Waals surface area contributed by atoms with Crippen LogP contribution in [0.25, 0.3) is 0 Å². The van der Waals surface area contributed by atoms with Gasteiger partial charge in [-0.25, -0.2) is 0 Å². The summed E-state index contributed by atoms with van der Waals surface area (Å²) in [5.41, 5.74) is 2.09. The highest BCUT2D eigenvalue weighted by Crippen LogP contribution is 2.19. The van der Waals surface area contributed by atoms with Crippen molar-refractivity contribution in [3.8, 4) is 0 Å². The Balaban J connectivity index is 1.46. The van der Waals surface area contributed by atoms with Crippen LogP contribution in [0, 0.1) is 12.8 Å². The number of nitrogens with one attached hydrogen (secondary N) is 1. The molecular weight excluding hydrogens is 364 g/mol. The highest BCUT2D eigenvalue weighted by Gasteiger charge is 2.29. The average molecular weight is 389 g/mol. The Bertz CT molecular complexity index is 788. The van der Waals surface area contributed by atoms with Gasteiger partial charge in [0, 0.05) is 37.3 Å². The topological polar surface area (TPSA) is 67.2 Å². The van der Waals surface area contributed by atoms with E-state index in [-0.39, 0.29) is 17.7 Å². The molecule has 0 aliphatic carbocycles. The first-order chi connectivity index (χ1) is 13.0. The van der Waals surface area contributed by atoms with Crippen molar-refractivity contribution in [3.05, 3.63) is 52.8 Å². The number of aromatic nitrogens is 2. The number of aryl methyl sites for hydroxylation is 1. The molecule has 0 unspecified atom stereocenters. The van der Waals surface area contributed by atoms with Gasteiger partial charge in [0.05, 0.1) is 18.2 Å². The number of hydrogen-bond acceptors (Lipinski definition) is 3. The maximum atomic E-state index is 12.5. The Kier molecular flexibility index (Phi) is 6.50. The van der Waals surface area contributed by atoms with Crippen LogP contribution in [0.15, 0.2) is 36.5 Å². The van der Waals surface area contributed by atoms with Crippen LogP contribution >= 0.6 is 11.6 Å².